The highest BCUT2D eigenvalue weighted by Crippen LogP contribution is 2.35. The SMILES string of the molecule is COCCN(C(=O)c1ccc(Cl)nc1)C(C)C1CC1. The van der Waals surface area contributed by atoms with Gasteiger partial charge >= 0.3 is 0 Å². The summed E-state index contributed by atoms with van der Waals surface area (Å²) in [5.74, 6) is 0.627. The minimum atomic E-state index is 0.000571. The van der Waals surface area contributed by atoms with Crippen LogP contribution >= 0.6 is 11.6 Å². The van der Waals surface area contributed by atoms with Crippen LogP contribution in [0.25, 0.3) is 0 Å². The molecule has 1 aromatic rings. The van der Waals surface area contributed by atoms with E-state index in [0.29, 0.717) is 29.8 Å². The molecule has 0 spiro atoms. The Balaban J connectivity index is 2.11. The van der Waals surface area contributed by atoms with Crippen LogP contribution in [0, 0.1) is 5.92 Å². The lowest BCUT2D eigenvalue weighted by Gasteiger charge is -2.29. The maximum Gasteiger partial charge on any atom is 0.255 e. The first-order valence-corrected chi connectivity index (χ1v) is 6.92. The van der Waals surface area contributed by atoms with Gasteiger partial charge < -0.3 is 9.64 Å². The Morgan fingerprint density at radius 3 is 2.84 bits per heavy atom. The molecule has 19 heavy (non-hydrogen) atoms. The number of carbonyl (C=O) groups is 1. The van der Waals surface area contributed by atoms with Crippen LogP contribution in [0.1, 0.15) is 30.1 Å². The average Bonchev–Trinajstić information content (AvgIpc) is 3.23. The fourth-order valence-corrected chi connectivity index (χ4v) is 2.29. The summed E-state index contributed by atoms with van der Waals surface area (Å²) in [6.07, 6.45) is 3.94. The van der Waals surface area contributed by atoms with E-state index in [9.17, 15) is 4.79 Å². The number of methoxy groups -OCH3 is 1. The molecule has 0 radical (unpaired) electrons. The standard InChI is InChI=1S/C14H19ClN2O2/c1-10(11-3-4-11)17(7-8-19-2)14(18)12-5-6-13(15)16-9-12/h5-6,9-11H,3-4,7-8H2,1-2H3. The van der Waals surface area contributed by atoms with Crippen molar-refractivity contribution >= 4 is 17.5 Å². The molecular weight excluding hydrogens is 264 g/mol. The van der Waals surface area contributed by atoms with Gasteiger partial charge in [-0.25, -0.2) is 4.98 Å². The van der Waals surface area contributed by atoms with Crippen LogP contribution in [-0.2, 0) is 4.74 Å². The van der Waals surface area contributed by atoms with Crippen LogP contribution in [-0.4, -0.2) is 42.1 Å². The Labute approximate surface area is 118 Å². The lowest BCUT2D eigenvalue weighted by Crippen LogP contribution is -2.42. The van der Waals surface area contributed by atoms with E-state index in [-0.39, 0.29) is 11.9 Å². The molecule has 0 saturated heterocycles. The normalized spacial score (nSPS) is 16.2. The van der Waals surface area contributed by atoms with Gasteiger partial charge in [0.2, 0.25) is 0 Å². The maximum atomic E-state index is 12.5. The van der Waals surface area contributed by atoms with Gasteiger partial charge in [0.15, 0.2) is 0 Å². The zero-order chi connectivity index (χ0) is 13.8. The van der Waals surface area contributed by atoms with Crippen molar-refractivity contribution in [2.45, 2.75) is 25.8 Å². The van der Waals surface area contributed by atoms with Gasteiger partial charge in [-0.2, -0.15) is 0 Å². The van der Waals surface area contributed by atoms with Gasteiger partial charge in [-0.15, -0.1) is 0 Å². The lowest BCUT2D eigenvalue weighted by atomic mass is 10.1. The molecule has 1 aliphatic rings. The van der Waals surface area contributed by atoms with Gasteiger partial charge in [0.25, 0.3) is 5.91 Å². The van der Waals surface area contributed by atoms with Crippen molar-refractivity contribution in [1.29, 1.82) is 0 Å². The monoisotopic (exact) mass is 282 g/mol. The zero-order valence-corrected chi connectivity index (χ0v) is 12.1. The van der Waals surface area contributed by atoms with Crippen molar-refractivity contribution in [3.8, 4) is 0 Å². The van der Waals surface area contributed by atoms with Crippen LogP contribution in [0.5, 0.6) is 0 Å². The Morgan fingerprint density at radius 2 is 2.32 bits per heavy atom. The van der Waals surface area contributed by atoms with Crippen molar-refractivity contribution in [3.63, 3.8) is 0 Å². The van der Waals surface area contributed by atoms with Gasteiger partial charge in [-0.3, -0.25) is 4.79 Å². The van der Waals surface area contributed by atoms with E-state index in [0.717, 1.165) is 0 Å². The third-order valence-electron chi connectivity index (χ3n) is 3.57. The minimum absolute atomic E-state index is 0.000571. The number of pyridine rings is 1. The third kappa shape index (κ3) is 3.67. The molecule has 4 nitrogen and oxygen atoms in total. The summed E-state index contributed by atoms with van der Waals surface area (Å²) in [4.78, 5) is 18.4. The van der Waals surface area contributed by atoms with Crippen molar-refractivity contribution in [2.24, 2.45) is 5.92 Å². The fourth-order valence-electron chi connectivity index (χ4n) is 2.18. The number of hydrogen-bond acceptors (Lipinski definition) is 3. The number of nitrogens with zero attached hydrogens (tertiary/aromatic N) is 2. The number of rotatable bonds is 6. The van der Waals surface area contributed by atoms with E-state index in [1.165, 1.54) is 19.0 Å². The Bertz CT molecular complexity index is 432. The zero-order valence-electron chi connectivity index (χ0n) is 11.3. The van der Waals surface area contributed by atoms with E-state index in [2.05, 4.69) is 11.9 Å². The third-order valence-corrected chi connectivity index (χ3v) is 3.79. The highest BCUT2D eigenvalue weighted by atomic mass is 35.5. The molecule has 1 heterocycles. The molecule has 1 unspecified atom stereocenters. The maximum absolute atomic E-state index is 12.5. The largest absolute Gasteiger partial charge is 0.383 e. The summed E-state index contributed by atoms with van der Waals surface area (Å²) in [5.41, 5.74) is 0.577. The molecule has 5 heteroatoms. The van der Waals surface area contributed by atoms with E-state index in [1.54, 1.807) is 19.2 Å². The molecule has 1 saturated carbocycles. The summed E-state index contributed by atoms with van der Waals surface area (Å²) in [7, 11) is 1.65. The first-order valence-electron chi connectivity index (χ1n) is 6.55. The average molecular weight is 283 g/mol. The van der Waals surface area contributed by atoms with Crippen LogP contribution in [0.15, 0.2) is 18.3 Å². The molecule has 0 N–H and O–H groups in total. The Morgan fingerprint density at radius 1 is 1.58 bits per heavy atom. The number of ether oxygens (including phenoxy) is 1. The number of halogens is 1. The number of aromatic nitrogens is 1. The van der Waals surface area contributed by atoms with Gasteiger partial charge in [0.05, 0.1) is 12.2 Å². The number of hydrogen-bond donors (Lipinski definition) is 0. The first-order chi connectivity index (χ1) is 9.13. The number of carbonyl (C=O) groups excluding carboxylic acids is 1. The topological polar surface area (TPSA) is 42.4 Å². The van der Waals surface area contributed by atoms with Crippen LogP contribution in [0.4, 0.5) is 0 Å². The molecule has 0 aliphatic heterocycles. The highest BCUT2D eigenvalue weighted by molar-refractivity contribution is 6.29. The lowest BCUT2D eigenvalue weighted by molar-refractivity contribution is 0.0594. The van der Waals surface area contributed by atoms with Crippen LogP contribution in [0.2, 0.25) is 5.15 Å². The summed E-state index contributed by atoms with van der Waals surface area (Å²) < 4.78 is 5.10. The van der Waals surface area contributed by atoms with Crippen molar-refractivity contribution in [2.75, 3.05) is 20.3 Å². The molecule has 1 aromatic heterocycles. The molecule has 104 valence electrons. The predicted molar refractivity (Wildman–Crippen MR) is 74.3 cm³/mol. The molecule has 0 aromatic carbocycles. The Kier molecular flexibility index (Phi) is 4.77. The van der Waals surface area contributed by atoms with Crippen molar-refractivity contribution < 1.29 is 9.53 Å². The molecule has 1 fully saturated rings. The smallest absolute Gasteiger partial charge is 0.255 e. The summed E-state index contributed by atoms with van der Waals surface area (Å²) >= 11 is 5.75. The van der Waals surface area contributed by atoms with Crippen molar-refractivity contribution in [3.05, 3.63) is 29.0 Å². The second kappa shape index (κ2) is 6.35. The molecule has 2 rings (SSSR count). The van der Waals surface area contributed by atoms with Gasteiger partial charge in [-0.1, -0.05) is 11.6 Å². The van der Waals surface area contributed by atoms with E-state index < -0.39 is 0 Å². The fraction of sp³-hybridized carbons (Fsp3) is 0.571. The van der Waals surface area contributed by atoms with Crippen LogP contribution < -0.4 is 0 Å². The summed E-state index contributed by atoms with van der Waals surface area (Å²) in [6.45, 7) is 3.26. The van der Waals surface area contributed by atoms with E-state index >= 15 is 0 Å². The van der Waals surface area contributed by atoms with Gasteiger partial charge in [-0.05, 0) is 37.8 Å². The van der Waals surface area contributed by atoms with Crippen molar-refractivity contribution in [1.82, 2.24) is 9.88 Å². The second-order valence-electron chi connectivity index (χ2n) is 4.94. The van der Waals surface area contributed by atoms with E-state index in [4.69, 9.17) is 16.3 Å². The second-order valence-corrected chi connectivity index (χ2v) is 5.33. The molecule has 0 bridgehead atoms. The van der Waals surface area contributed by atoms with Crippen LogP contribution in [0.3, 0.4) is 0 Å². The minimum Gasteiger partial charge on any atom is -0.383 e. The van der Waals surface area contributed by atoms with E-state index in [1.807, 2.05) is 4.90 Å². The quantitative estimate of drug-likeness (QED) is 0.753. The first kappa shape index (κ1) is 14.3. The highest BCUT2D eigenvalue weighted by Gasteiger charge is 2.34. The molecular formula is C14H19ClN2O2. The molecule has 1 aliphatic carbocycles. The van der Waals surface area contributed by atoms with Gasteiger partial charge in [0, 0.05) is 25.9 Å². The van der Waals surface area contributed by atoms with Gasteiger partial charge in [0.1, 0.15) is 5.15 Å². The molecule has 1 atom stereocenters. The Hall–Kier alpha value is -1.13. The summed E-state index contributed by atoms with van der Waals surface area (Å²) in [6, 6.07) is 3.61. The molecule has 1 amide bonds. The summed E-state index contributed by atoms with van der Waals surface area (Å²) in [5, 5.41) is 0.398. The predicted octanol–water partition coefficient (Wildman–Crippen LogP) is 2.62. The number of amides is 1.